The molecule has 1 saturated carbocycles. The van der Waals surface area contributed by atoms with Crippen molar-refractivity contribution < 1.29 is 5.11 Å². The van der Waals surface area contributed by atoms with Crippen LogP contribution in [-0.4, -0.2) is 15.1 Å². The van der Waals surface area contributed by atoms with Crippen LogP contribution in [-0.2, 0) is 6.42 Å². The molecular formula is C16H18N2O2. The number of hydrogen-bond acceptors (Lipinski definition) is 3. The molecule has 1 fully saturated rings. The van der Waals surface area contributed by atoms with Gasteiger partial charge in [0, 0.05) is 5.56 Å². The minimum absolute atomic E-state index is 0.156. The summed E-state index contributed by atoms with van der Waals surface area (Å²) in [5, 5.41) is 9.89. The van der Waals surface area contributed by atoms with Crippen molar-refractivity contribution in [2.75, 3.05) is 0 Å². The molecule has 2 N–H and O–H groups in total. The molecule has 1 aliphatic rings. The van der Waals surface area contributed by atoms with Crippen molar-refractivity contribution in [3.63, 3.8) is 0 Å². The molecule has 0 unspecified atom stereocenters. The van der Waals surface area contributed by atoms with Crippen molar-refractivity contribution in [2.24, 2.45) is 0 Å². The Kier molecular flexibility index (Phi) is 3.30. The zero-order valence-electron chi connectivity index (χ0n) is 11.5. The molecule has 0 spiro atoms. The van der Waals surface area contributed by atoms with Gasteiger partial charge in [0.2, 0.25) is 5.88 Å². The first-order valence-corrected chi connectivity index (χ1v) is 7.11. The van der Waals surface area contributed by atoms with Gasteiger partial charge >= 0.3 is 0 Å². The monoisotopic (exact) mass is 270 g/mol. The zero-order chi connectivity index (χ0) is 14.1. The predicted octanol–water partition coefficient (Wildman–Crippen LogP) is 2.97. The minimum Gasteiger partial charge on any atom is -0.493 e. The quantitative estimate of drug-likeness (QED) is 0.897. The molecule has 3 rings (SSSR count). The Labute approximate surface area is 117 Å². The largest absolute Gasteiger partial charge is 0.493 e. The minimum atomic E-state index is -0.249. The van der Waals surface area contributed by atoms with Gasteiger partial charge in [-0.2, -0.15) is 4.98 Å². The third-order valence-electron chi connectivity index (χ3n) is 3.73. The summed E-state index contributed by atoms with van der Waals surface area (Å²) in [5.41, 5.74) is 2.28. The van der Waals surface area contributed by atoms with Crippen molar-refractivity contribution in [3.8, 4) is 17.3 Å². The standard InChI is InChI=1S/C16H18N2O2/c1-2-3-13-15(19)17-14(18-16(13)20)12-8-6-11(7-9-12)10-4-5-10/h6-10H,2-5H2,1H3,(H2,17,18,19,20). The van der Waals surface area contributed by atoms with Gasteiger partial charge in [-0.05, 0) is 30.7 Å². The van der Waals surface area contributed by atoms with E-state index >= 15 is 0 Å². The lowest BCUT2D eigenvalue weighted by Gasteiger charge is -2.06. The number of nitrogens with zero attached hydrogens (tertiary/aromatic N) is 1. The van der Waals surface area contributed by atoms with Crippen molar-refractivity contribution in [3.05, 3.63) is 45.7 Å². The van der Waals surface area contributed by atoms with Gasteiger partial charge in [-0.15, -0.1) is 0 Å². The Morgan fingerprint density at radius 2 is 2.00 bits per heavy atom. The Hall–Kier alpha value is -2.10. The number of nitrogens with one attached hydrogen (secondary N) is 1. The van der Waals surface area contributed by atoms with Gasteiger partial charge in [-0.1, -0.05) is 37.6 Å². The first-order valence-electron chi connectivity index (χ1n) is 7.11. The summed E-state index contributed by atoms with van der Waals surface area (Å²) in [6.45, 7) is 1.96. The van der Waals surface area contributed by atoms with E-state index in [1.54, 1.807) is 0 Å². The maximum Gasteiger partial charge on any atom is 0.258 e. The van der Waals surface area contributed by atoms with Crippen LogP contribution in [0.15, 0.2) is 29.1 Å². The molecule has 0 bridgehead atoms. The first kappa shape index (κ1) is 12.9. The van der Waals surface area contributed by atoms with Crippen molar-refractivity contribution in [1.82, 2.24) is 9.97 Å². The van der Waals surface area contributed by atoms with Crippen LogP contribution in [0.3, 0.4) is 0 Å². The number of rotatable bonds is 4. The Morgan fingerprint density at radius 3 is 2.55 bits per heavy atom. The Balaban J connectivity index is 1.95. The molecule has 1 aliphatic carbocycles. The number of aromatic amines is 1. The number of aromatic hydroxyl groups is 1. The highest BCUT2D eigenvalue weighted by Crippen LogP contribution is 2.40. The van der Waals surface area contributed by atoms with E-state index in [9.17, 15) is 9.90 Å². The molecule has 0 aliphatic heterocycles. The summed E-state index contributed by atoms with van der Waals surface area (Å²) < 4.78 is 0. The summed E-state index contributed by atoms with van der Waals surface area (Å²) in [5.74, 6) is 0.975. The maximum absolute atomic E-state index is 12.0. The molecule has 20 heavy (non-hydrogen) atoms. The van der Waals surface area contributed by atoms with Crippen LogP contribution in [0.5, 0.6) is 5.88 Å². The molecule has 0 amide bonds. The topological polar surface area (TPSA) is 66.0 Å². The van der Waals surface area contributed by atoms with Gasteiger partial charge in [-0.3, -0.25) is 4.79 Å². The van der Waals surface area contributed by atoms with Crippen LogP contribution in [0, 0.1) is 0 Å². The van der Waals surface area contributed by atoms with Crippen LogP contribution in [0.4, 0.5) is 0 Å². The van der Waals surface area contributed by atoms with E-state index < -0.39 is 0 Å². The highest BCUT2D eigenvalue weighted by molar-refractivity contribution is 5.56. The third kappa shape index (κ3) is 2.46. The van der Waals surface area contributed by atoms with Gasteiger partial charge in [0.05, 0.1) is 5.56 Å². The van der Waals surface area contributed by atoms with E-state index in [0.29, 0.717) is 23.7 Å². The second kappa shape index (κ2) is 5.12. The van der Waals surface area contributed by atoms with Crippen molar-refractivity contribution >= 4 is 0 Å². The fourth-order valence-corrected chi connectivity index (χ4v) is 2.43. The van der Waals surface area contributed by atoms with Crippen molar-refractivity contribution in [2.45, 2.75) is 38.5 Å². The molecular weight excluding hydrogens is 252 g/mol. The molecule has 0 saturated heterocycles. The average Bonchev–Trinajstić information content (AvgIpc) is 3.27. The molecule has 1 aromatic carbocycles. The van der Waals surface area contributed by atoms with Crippen LogP contribution >= 0.6 is 0 Å². The summed E-state index contributed by atoms with van der Waals surface area (Å²) in [6, 6.07) is 8.05. The van der Waals surface area contributed by atoms with E-state index in [1.807, 2.05) is 19.1 Å². The molecule has 0 radical (unpaired) electrons. The van der Waals surface area contributed by atoms with Crippen LogP contribution in [0.1, 0.15) is 43.2 Å². The van der Waals surface area contributed by atoms with Crippen LogP contribution in [0.25, 0.3) is 11.4 Å². The number of benzene rings is 1. The lowest BCUT2D eigenvalue weighted by atomic mass is 10.1. The molecule has 2 aromatic rings. The molecule has 4 nitrogen and oxygen atoms in total. The number of H-pyrrole nitrogens is 1. The molecule has 0 atom stereocenters. The van der Waals surface area contributed by atoms with Gasteiger partial charge in [0.25, 0.3) is 5.56 Å². The van der Waals surface area contributed by atoms with E-state index in [-0.39, 0.29) is 11.4 Å². The summed E-state index contributed by atoms with van der Waals surface area (Å²) >= 11 is 0. The van der Waals surface area contributed by atoms with Crippen LogP contribution in [0.2, 0.25) is 0 Å². The smallest absolute Gasteiger partial charge is 0.258 e. The fourth-order valence-electron chi connectivity index (χ4n) is 2.43. The molecule has 104 valence electrons. The maximum atomic E-state index is 12.0. The highest BCUT2D eigenvalue weighted by atomic mass is 16.3. The second-order valence-corrected chi connectivity index (χ2v) is 5.36. The van der Waals surface area contributed by atoms with Gasteiger partial charge in [-0.25, -0.2) is 0 Å². The van der Waals surface area contributed by atoms with Gasteiger partial charge in [0.15, 0.2) is 0 Å². The van der Waals surface area contributed by atoms with E-state index in [0.717, 1.165) is 12.0 Å². The summed E-state index contributed by atoms with van der Waals surface area (Å²) in [7, 11) is 0. The predicted molar refractivity (Wildman–Crippen MR) is 77.9 cm³/mol. The third-order valence-corrected chi connectivity index (χ3v) is 3.73. The zero-order valence-corrected chi connectivity index (χ0v) is 11.5. The molecule has 1 aromatic heterocycles. The number of aromatic nitrogens is 2. The summed E-state index contributed by atoms with van der Waals surface area (Å²) in [6.07, 6.45) is 3.87. The molecule has 4 heteroatoms. The Bertz CT molecular complexity index is 670. The number of hydrogen-bond donors (Lipinski definition) is 2. The average molecular weight is 270 g/mol. The van der Waals surface area contributed by atoms with Gasteiger partial charge in [0.1, 0.15) is 5.82 Å². The van der Waals surface area contributed by atoms with E-state index in [4.69, 9.17) is 0 Å². The fraction of sp³-hybridized carbons (Fsp3) is 0.375. The van der Waals surface area contributed by atoms with E-state index in [2.05, 4.69) is 22.1 Å². The highest BCUT2D eigenvalue weighted by Gasteiger charge is 2.23. The van der Waals surface area contributed by atoms with Gasteiger partial charge < -0.3 is 10.1 Å². The Morgan fingerprint density at radius 1 is 1.30 bits per heavy atom. The SMILES string of the molecule is CCCc1c(O)nc(-c2ccc(C3CC3)cc2)[nH]c1=O. The second-order valence-electron chi connectivity index (χ2n) is 5.36. The van der Waals surface area contributed by atoms with Crippen molar-refractivity contribution in [1.29, 1.82) is 0 Å². The lowest BCUT2D eigenvalue weighted by molar-refractivity contribution is 0.443. The van der Waals surface area contributed by atoms with E-state index in [1.165, 1.54) is 18.4 Å². The normalized spacial score (nSPS) is 14.4. The first-order chi connectivity index (χ1) is 9.69. The summed E-state index contributed by atoms with van der Waals surface area (Å²) in [4.78, 5) is 18.8. The van der Waals surface area contributed by atoms with Crippen LogP contribution < -0.4 is 5.56 Å². The lowest BCUT2D eigenvalue weighted by Crippen LogP contribution is -2.15. The molecule has 1 heterocycles.